The van der Waals surface area contributed by atoms with Gasteiger partial charge < -0.3 is 10.1 Å². The molecule has 5 rings (SSSR count). The SMILES string of the molecule is CC(C)c1cccc(N2C(=O)CSC2=NC(=S)NCCc2ccc(-c3ncn(-c4ccc(OC(F)(F)F)cc4)n3)cc2)c1. The number of aromatic nitrogens is 3. The van der Waals surface area contributed by atoms with Gasteiger partial charge in [-0.15, -0.1) is 18.3 Å². The van der Waals surface area contributed by atoms with Gasteiger partial charge in [-0.25, -0.2) is 9.67 Å². The van der Waals surface area contributed by atoms with Crippen molar-refractivity contribution in [2.45, 2.75) is 32.5 Å². The molecule has 0 saturated carbocycles. The average Bonchev–Trinajstić information content (AvgIpc) is 3.60. The van der Waals surface area contributed by atoms with Gasteiger partial charge in [0, 0.05) is 12.1 Å². The molecule has 1 saturated heterocycles. The van der Waals surface area contributed by atoms with E-state index in [0.717, 1.165) is 22.4 Å². The molecule has 1 amide bonds. The number of amidine groups is 1. The number of hydrogen-bond donors (Lipinski definition) is 1. The maximum atomic E-state index is 12.6. The maximum Gasteiger partial charge on any atom is 0.573 e. The summed E-state index contributed by atoms with van der Waals surface area (Å²) in [5.41, 5.74) is 4.33. The van der Waals surface area contributed by atoms with Crippen LogP contribution in [0.5, 0.6) is 5.75 Å². The van der Waals surface area contributed by atoms with Gasteiger partial charge in [0.15, 0.2) is 16.1 Å². The summed E-state index contributed by atoms with van der Waals surface area (Å²) in [4.78, 5) is 23.1. The summed E-state index contributed by atoms with van der Waals surface area (Å²) in [6.45, 7) is 4.77. The quantitative estimate of drug-likeness (QED) is 0.224. The second kappa shape index (κ2) is 13.0. The molecule has 2 heterocycles. The van der Waals surface area contributed by atoms with Gasteiger partial charge in [0.05, 0.1) is 17.1 Å². The van der Waals surface area contributed by atoms with E-state index in [9.17, 15) is 18.0 Å². The number of amides is 1. The predicted octanol–water partition coefficient (Wildman–Crippen LogP) is 6.51. The summed E-state index contributed by atoms with van der Waals surface area (Å²) in [6, 6.07) is 21.0. The summed E-state index contributed by atoms with van der Waals surface area (Å²) in [5.74, 6) is 0.796. The number of thiocarbonyl (C=S) groups is 1. The number of nitrogens with one attached hydrogen (secondary N) is 1. The van der Waals surface area contributed by atoms with Crippen LogP contribution in [0, 0.1) is 0 Å². The Kier molecular flexibility index (Phi) is 9.11. The molecule has 222 valence electrons. The first-order valence-corrected chi connectivity index (χ1v) is 14.7. The Hall–Kier alpha value is -4.23. The van der Waals surface area contributed by atoms with Gasteiger partial charge in [-0.05, 0) is 72.1 Å². The van der Waals surface area contributed by atoms with E-state index in [1.165, 1.54) is 47.0 Å². The van der Waals surface area contributed by atoms with Crippen molar-refractivity contribution >= 4 is 45.9 Å². The van der Waals surface area contributed by atoms with Crippen LogP contribution >= 0.6 is 24.0 Å². The van der Waals surface area contributed by atoms with Crippen LogP contribution in [-0.2, 0) is 11.2 Å². The summed E-state index contributed by atoms with van der Waals surface area (Å²) in [7, 11) is 0. The first kappa shape index (κ1) is 30.2. The van der Waals surface area contributed by atoms with Gasteiger partial charge >= 0.3 is 6.36 Å². The topological polar surface area (TPSA) is 84.6 Å². The Morgan fingerprint density at radius 1 is 1.09 bits per heavy atom. The van der Waals surface area contributed by atoms with Crippen molar-refractivity contribution in [3.8, 4) is 22.8 Å². The van der Waals surface area contributed by atoms with Crippen molar-refractivity contribution in [1.29, 1.82) is 0 Å². The van der Waals surface area contributed by atoms with Gasteiger partial charge in [-0.3, -0.25) is 9.69 Å². The lowest BCUT2D eigenvalue weighted by atomic mass is 10.0. The average molecular weight is 625 g/mol. The van der Waals surface area contributed by atoms with Gasteiger partial charge in [-0.1, -0.05) is 62.0 Å². The number of carbonyl (C=O) groups excluding carboxylic acids is 1. The molecular formula is C30H27F3N6O2S2. The molecule has 1 fully saturated rings. The molecule has 13 heteroatoms. The zero-order chi connectivity index (χ0) is 30.6. The van der Waals surface area contributed by atoms with Crippen LogP contribution in [0.2, 0.25) is 0 Å². The lowest BCUT2D eigenvalue weighted by molar-refractivity contribution is -0.274. The number of ether oxygens (including phenoxy) is 1. The van der Waals surface area contributed by atoms with Gasteiger partial charge in [0.2, 0.25) is 5.91 Å². The minimum absolute atomic E-state index is 0.0275. The van der Waals surface area contributed by atoms with Crippen molar-refractivity contribution in [3.63, 3.8) is 0 Å². The minimum atomic E-state index is -4.75. The minimum Gasteiger partial charge on any atom is -0.406 e. The first-order valence-electron chi connectivity index (χ1n) is 13.3. The third kappa shape index (κ3) is 7.79. The lowest BCUT2D eigenvalue weighted by Gasteiger charge is -2.18. The number of halogens is 3. The number of hydrogen-bond acceptors (Lipinski definition) is 6. The van der Waals surface area contributed by atoms with Crippen molar-refractivity contribution in [2.24, 2.45) is 4.99 Å². The van der Waals surface area contributed by atoms with E-state index in [2.05, 4.69) is 39.0 Å². The highest BCUT2D eigenvalue weighted by molar-refractivity contribution is 8.15. The van der Waals surface area contributed by atoms with E-state index in [-0.39, 0.29) is 11.7 Å². The monoisotopic (exact) mass is 624 g/mol. The number of aliphatic imine (C=N–C) groups is 1. The molecule has 1 aliphatic heterocycles. The van der Waals surface area contributed by atoms with Gasteiger partial charge in [0.25, 0.3) is 0 Å². The molecule has 1 aliphatic rings. The smallest absolute Gasteiger partial charge is 0.406 e. The largest absolute Gasteiger partial charge is 0.573 e. The highest BCUT2D eigenvalue weighted by atomic mass is 32.2. The Labute approximate surface area is 256 Å². The molecule has 0 aliphatic carbocycles. The molecule has 0 atom stereocenters. The molecule has 0 bridgehead atoms. The van der Waals surface area contributed by atoms with E-state index in [1.807, 2.05) is 48.5 Å². The standard InChI is InChI=1S/C30H27F3N6O2S2/c1-19(2)22-4-3-5-24(16-22)39-26(40)17-43-29(39)36-28(42)34-15-14-20-6-8-21(9-7-20)27-35-18-38(37-27)23-10-12-25(13-11-23)41-30(31,32)33/h3-13,16,18-19H,14-15,17H2,1-2H3,(H,34,42). The molecule has 0 spiro atoms. The maximum absolute atomic E-state index is 12.6. The number of alkyl halides is 3. The van der Waals surface area contributed by atoms with Crippen LogP contribution in [0.15, 0.2) is 84.1 Å². The van der Waals surface area contributed by atoms with E-state index in [0.29, 0.717) is 46.4 Å². The van der Waals surface area contributed by atoms with Gasteiger partial charge in [0.1, 0.15) is 12.1 Å². The highest BCUT2D eigenvalue weighted by Crippen LogP contribution is 2.29. The van der Waals surface area contributed by atoms with Gasteiger partial charge in [-0.2, -0.15) is 4.99 Å². The number of anilines is 1. The van der Waals surface area contributed by atoms with E-state index < -0.39 is 6.36 Å². The number of benzene rings is 3. The summed E-state index contributed by atoms with van der Waals surface area (Å²) >= 11 is 6.81. The van der Waals surface area contributed by atoms with E-state index in [4.69, 9.17) is 12.2 Å². The third-order valence-corrected chi connectivity index (χ3v) is 7.65. The molecule has 0 unspecified atom stereocenters. The number of nitrogens with zero attached hydrogens (tertiary/aromatic N) is 5. The molecule has 8 nitrogen and oxygen atoms in total. The van der Waals surface area contributed by atoms with Crippen LogP contribution in [-0.4, -0.2) is 49.6 Å². The van der Waals surface area contributed by atoms with Crippen molar-refractivity contribution in [2.75, 3.05) is 17.2 Å². The Balaban J connectivity index is 1.15. The molecule has 0 radical (unpaired) electrons. The third-order valence-electron chi connectivity index (χ3n) is 6.49. The summed E-state index contributed by atoms with van der Waals surface area (Å²) < 4.78 is 42.6. The van der Waals surface area contributed by atoms with Crippen LogP contribution in [0.1, 0.15) is 30.9 Å². The van der Waals surface area contributed by atoms with Crippen molar-refractivity contribution < 1.29 is 22.7 Å². The summed E-state index contributed by atoms with van der Waals surface area (Å²) in [5, 5.41) is 8.46. The van der Waals surface area contributed by atoms with Crippen LogP contribution in [0.25, 0.3) is 17.1 Å². The van der Waals surface area contributed by atoms with Crippen LogP contribution in [0.3, 0.4) is 0 Å². The first-order chi connectivity index (χ1) is 20.6. The fourth-order valence-corrected chi connectivity index (χ4v) is 5.42. The molecule has 43 heavy (non-hydrogen) atoms. The van der Waals surface area contributed by atoms with Crippen LogP contribution in [0.4, 0.5) is 18.9 Å². The van der Waals surface area contributed by atoms with Crippen molar-refractivity contribution in [3.05, 3.63) is 90.3 Å². The number of carbonyl (C=O) groups is 1. The molecule has 1 aromatic heterocycles. The lowest BCUT2D eigenvalue weighted by Crippen LogP contribution is -2.31. The fourth-order valence-electron chi connectivity index (χ4n) is 4.30. The molecular weight excluding hydrogens is 597 g/mol. The number of thioether (sulfide) groups is 1. The Morgan fingerprint density at radius 2 is 1.84 bits per heavy atom. The van der Waals surface area contributed by atoms with E-state index >= 15 is 0 Å². The van der Waals surface area contributed by atoms with E-state index in [1.54, 1.807) is 4.90 Å². The number of rotatable bonds is 8. The fraction of sp³-hybridized carbons (Fsp3) is 0.233. The molecule has 3 aromatic carbocycles. The highest BCUT2D eigenvalue weighted by Gasteiger charge is 2.31. The van der Waals surface area contributed by atoms with Crippen LogP contribution < -0.4 is 15.0 Å². The predicted molar refractivity (Wildman–Crippen MR) is 166 cm³/mol. The normalized spacial score (nSPS) is 14.5. The zero-order valence-corrected chi connectivity index (χ0v) is 24.8. The second-order valence-corrected chi connectivity index (χ2v) is 11.2. The second-order valence-electron chi connectivity index (χ2n) is 9.90. The zero-order valence-electron chi connectivity index (χ0n) is 23.2. The molecule has 1 N–H and O–H groups in total. The molecule has 4 aromatic rings. The Bertz CT molecular complexity index is 1640. The summed E-state index contributed by atoms with van der Waals surface area (Å²) in [6.07, 6.45) is -2.57. The van der Waals surface area contributed by atoms with Crippen molar-refractivity contribution in [1.82, 2.24) is 20.1 Å². The Morgan fingerprint density at radius 3 is 2.53 bits per heavy atom.